The molecule has 5 nitrogen and oxygen atoms in total. The highest BCUT2D eigenvalue weighted by molar-refractivity contribution is 7.98. The smallest absolute Gasteiger partial charge is 0.254 e. The van der Waals surface area contributed by atoms with Gasteiger partial charge in [0.15, 0.2) is 0 Å². The van der Waals surface area contributed by atoms with Crippen molar-refractivity contribution < 1.29 is 13.9 Å². The van der Waals surface area contributed by atoms with Gasteiger partial charge in [0, 0.05) is 62.3 Å². The molecule has 0 aliphatic carbocycles. The number of hydrogen-bond donors (Lipinski definition) is 0. The van der Waals surface area contributed by atoms with Crippen LogP contribution in [0.25, 0.3) is 10.9 Å². The predicted molar refractivity (Wildman–Crippen MR) is 125 cm³/mol. The van der Waals surface area contributed by atoms with E-state index in [1.807, 2.05) is 25.3 Å². The number of hydrogen-bond acceptors (Lipinski definition) is 5. The van der Waals surface area contributed by atoms with Crippen LogP contribution < -0.4 is 4.90 Å². The van der Waals surface area contributed by atoms with Crippen LogP contribution in [0.3, 0.4) is 0 Å². The average Bonchev–Trinajstić information content (AvgIpc) is 2.77. The fourth-order valence-electron chi connectivity index (χ4n) is 3.47. The summed E-state index contributed by atoms with van der Waals surface area (Å²) in [4.78, 5) is 22.9. The highest BCUT2D eigenvalue weighted by Crippen LogP contribution is 2.27. The van der Waals surface area contributed by atoms with Gasteiger partial charge < -0.3 is 14.5 Å². The van der Waals surface area contributed by atoms with Gasteiger partial charge in [-0.2, -0.15) is 0 Å². The summed E-state index contributed by atoms with van der Waals surface area (Å²) in [6.07, 6.45) is 2.73. The molecule has 0 unspecified atom stereocenters. The number of carbonyl (C=O) groups excluding carboxylic acids is 1. The van der Waals surface area contributed by atoms with E-state index in [4.69, 9.17) is 9.72 Å². The van der Waals surface area contributed by atoms with Crippen LogP contribution in [-0.2, 0) is 11.3 Å². The Labute approximate surface area is 187 Å². The number of aromatic nitrogens is 1. The molecule has 164 valence electrons. The van der Waals surface area contributed by atoms with Gasteiger partial charge in [0.05, 0.1) is 5.52 Å². The maximum absolute atomic E-state index is 13.7. The monoisotopic (exact) mass is 441 g/mol. The fraction of sp³-hybridized carbons (Fsp3) is 0.333. The summed E-state index contributed by atoms with van der Waals surface area (Å²) in [5.74, 6) is 0.182. The molecule has 7 heteroatoms. The van der Waals surface area contributed by atoms with Crippen LogP contribution in [0.4, 0.5) is 10.2 Å². The topological polar surface area (TPSA) is 45.7 Å². The lowest BCUT2D eigenvalue weighted by atomic mass is 10.1. The Bertz CT molecular complexity index is 1060. The van der Waals surface area contributed by atoms with Gasteiger partial charge in [-0.3, -0.25) is 4.79 Å². The molecule has 1 aromatic heterocycles. The first-order valence-corrected chi connectivity index (χ1v) is 11.3. The van der Waals surface area contributed by atoms with Gasteiger partial charge in [0.1, 0.15) is 11.6 Å². The predicted octanol–water partition coefficient (Wildman–Crippen LogP) is 4.84. The molecule has 1 amide bonds. The number of anilines is 1. The Balaban J connectivity index is 1.98. The average molecular weight is 442 g/mol. The second kappa shape index (κ2) is 10.6. The Morgan fingerprint density at radius 1 is 1.16 bits per heavy atom. The van der Waals surface area contributed by atoms with Gasteiger partial charge in [0.2, 0.25) is 0 Å². The van der Waals surface area contributed by atoms with E-state index in [2.05, 4.69) is 24.3 Å². The van der Waals surface area contributed by atoms with Crippen LogP contribution in [0.1, 0.15) is 22.3 Å². The lowest BCUT2D eigenvalue weighted by Gasteiger charge is -2.26. The van der Waals surface area contributed by atoms with Gasteiger partial charge in [-0.05, 0) is 49.1 Å². The van der Waals surface area contributed by atoms with Crippen molar-refractivity contribution in [1.82, 2.24) is 9.88 Å². The minimum atomic E-state index is -0.423. The Morgan fingerprint density at radius 3 is 2.65 bits per heavy atom. The standard InChI is InChI=1S/C24H28FN3O2S/c1-27(2)23-19(13-17-9-10-21(31-4)15-22(17)26-23)16-28(11-6-12-30-3)24(29)18-7-5-8-20(25)14-18/h5,7-10,13-15H,6,11-12,16H2,1-4H3. The van der Waals surface area contributed by atoms with Crippen LogP contribution >= 0.6 is 11.8 Å². The van der Waals surface area contributed by atoms with Crippen molar-refractivity contribution in [2.24, 2.45) is 0 Å². The summed E-state index contributed by atoms with van der Waals surface area (Å²) in [7, 11) is 5.53. The molecule has 0 bridgehead atoms. The lowest BCUT2D eigenvalue weighted by molar-refractivity contribution is 0.0723. The van der Waals surface area contributed by atoms with Gasteiger partial charge >= 0.3 is 0 Å². The van der Waals surface area contributed by atoms with E-state index in [1.165, 1.54) is 12.1 Å². The molecule has 0 atom stereocenters. The number of ether oxygens (including phenoxy) is 1. The first-order valence-electron chi connectivity index (χ1n) is 10.1. The molecule has 1 heterocycles. The minimum absolute atomic E-state index is 0.210. The van der Waals surface area contributed by atoms with Gasteiger partial charge in [0.25, 0.3) is 5.91 Å². The summed E-state index contributed by atoms with van der Waals surface area (Å²) in [5.41, 5.74) is 2.19. The van der Waals surface area contributed by atoms with Crippen molar-refractivity contribution in [3.63, 3.8) is 0 Å². The molecule has 2 aromatic carbocycles. The number of rotatable bonds is 9. The molecule has 0 saturated carbocycles. The SMILES string of the molecule is COCCCN(Cc1cc2ccc(SC)cc2nc1N(C)C)C(=O)c1cccc(F)c1. The summed E-state index contributed by atoms with van der Waals surface area (Å²) in [6.45, 7) is 1.42. The van der Waals surface area contributed by atoms with Gasteiger partial charge in [-0.25, -0.2) is 9.37 Å². The Morgan fingerprint density at radius 2 is 1.97 bits per heavy atom. The molecule has 0 saturated heterocycles. The number of benzene rings is 2. The van der Waals surface area contributed by atoms with E-state index in [0.29, 0.717) is 31.7 Å². The van der Waals surface area contributed by atoms with Crippen molar-refractivity contribution in [3.8, 4) is 0 Å². The van der Waals surface area contributed by atoms with Crippen LogP contribution in [-0.4, -0.2) is 56.4 Å². The Kier molecular flexibility index (Phi) is 7.87. The van der Waals surface area contributed by atoms with Gasteiger partial charge in [-0.15, -0.1) is 11.8 Å². The quantitative estimate of drug-likeness (QED) is 0.351. The first-order chi connectivity index (χ1) is 14.9. The molecule has 0 fully saturated rings. The van der Waals surface area contributed by atoms with Crippen LogP contribution in [0.2, 0.25) is 0 Å². The molecule has 0 aliphatic rings. The summed E-state index contributed by atoms with van der Waals surface area (Å²) in [5, 5.41) is 1.02. The largest absolute Gasteiger partial charge is 0.385 e. The summed E-state index contributed by atoms with van der Waals surface area (Å²) >= 11 is 1.68. The van der Waals surface area contributed by atoms with Crippen molar-refractivity contribution in [2.45, 2.75) is 17.9 Å². The molecular weight excluding hydrogens is 413 g/mol. The third-order valence-corrected chi connectivity index (χ3v) is 5.73. The number of thioether (sulfide) groups is 1. The molecule has 31 heavy (non-hydrogen) atoms. The van der Waals surface area contributed by atoms with Crippen molar-refractivity contribution in [1.29, 1.82) is 0 Å². The maximum atomic E-state index is 13.7. The molecule has 3 aromatic rings. The molecular formula is C24H28FN3O2S. The maximum Gasteiger partial charge on any atom is 0.254 e. The number of methoxy groups -OCH3 is 1. The number of carbonyl (C=O) groups is 1. The number of nitrogens with zero attached hydrogens (tertiary/aromatic N) is 3. The van der Waals surface area contributed by atoms with Crippen LogP contribution in [0, 0.1) is 5.82 Å². The zero-order valence-electron chi connectivity index (χ0n) is 18.4. The highest BCUT2D eigenvalue weighted by atomic mass is 32.2. The summed E-state index contributed by atoms with van der Waals surface area (Å²) in [6, 6.07) is 14.1. The third kappa shape index (κ3) is 5.74. The van der Waals surface area contributed by atoms with E-state index in [9.17, 15) is 9.18 Å². The van der Waals surface area contributed by atoms with E-state index in [-0.39, 0.29) is 5.91 Å². The van der Waals surface area contributed by atoms with Crippen molar-refractivity contribution in [3.05, 3.63) is 65.5 Å². The number of halogens is 1. The van der Waals surface area contributed by atoms with E-state index < -0.39 is 5.82 Å². The fourth-order valence-corrected chi connectivity index (χ4v) is 3.91. The second-order valence-electron chi connectivity index (χ2n) is 7.51. The van der Waals surface area contributed by atoms with Crippen molar-refractivity contribution in [2.75, 3.05) is 45.5 Å². The molecule has 0 spiro atoms. The first kappa shape index (κ1) is 23.0. The number of pyridine rings is 1. The zero-order chi connectivity index (χ0) is 22.4. The minimum Gasteiger partial charge on any atom is -0.385 e. The number of amides is 1. The second-order valence-corrected chi connectivity index (χ2v) is 8.39. The Hall–Kier alpha value is -2.64. The highest BCUT2D eigenvalue weighted by Gasteiger charge is 2.20. The molecule has 0 radical (unpaired) electrons. The van der Waals surface area contributed by atoms with E-state index >= 15 is 0 Å². The number of fused-ring (bicyclic) bond motifs is 1. The molecule has 0 N–H and O–H groups in total. The van der Waals surface area contributed by atoms with Crippen LogP contribution in [0.15, 0.2) is 53.4 Å². The zero-order valence-corrected chi connectivity index (χ0v) is 19.2. The molecule has 0 aliphatic heterocycles. The third-order valence-electron chi connectivity index (χ3n) is 5.00. The van der Waals surface area contributed by atoms with Crippen molar-refractivity contribution >= 4 is 34.4 Å². The molecule has 3 rings (SSSR count). The normalized spacial score (nSPS) is 11.0. The van der Waals surface area contributed by atoms with E-state index in [1.54, 1.807) is 35.9 Å². The van der Waals surface area contributed by atoms with Crippen LogP contribution in [0.5, 0.6) is 0 Å². The van der Waals surface area contributed by atoms with Gasteiger partial charge in [-0.1, -0.05) is 12.1 Å². The summed E-state index contributed by atoms with van der Waals surface area (Å²) < 4.78 is 18.9. The lowest BCUT2D eigenvalue weighted by Crippen LogP contribution is -2.33. The van der Waals surface area contributed by atoms with E-state index in [0.717, 1.165) is 27.2 Å².